The van der Waals surface area contributed by atoms with Crippen LogP contribution in [-0.2, 0) is 4.74 Å². The maximum absolute atomic E-state index is 12.5. The molecule has 2 nitrogen and oxygen atoms in total. The zero-order valence-electron chi connectivity index (χ0n) is 13.7. The van der Waals surface area contributed by atoms with Gasteiger partial charge < -0.3 is 4.74 Å². The van der Waals surface area contributed by atoms with E-state index in [1.54, 1.807) is 0 Å². The molecule has 21 heavy (non-hydrogen) atoms. The second kappa shape index (κ2) is 7.11. The molecule has 0 saturated heterocycles. The minimum Gasteiger partial charge on any atom is -0.455 e. The number of hydrogen-bond acceptors (Lipinski definition) is 2. The summed E-state index contributed by atoms with van der Waals surface area (Å²) in [5.41, 5.74) is 1.70. The van der Waals surface area contributed by atoms with E-state index in [0.29, 0.717) is 11.5 Å². The number of benzene rings is 1. The van der Waals surface area contributed by atoms with Crippen LogP contribution in [0.1, 0.15) is 87.6 Å². The van der Waals surface area contributed by atoms with Crippen LogP contribution in [0.5, 0.6) is 0 Å². The van der Waals surface area contributed by atoms with Crippen LogP contribution < -0.4 is 0 Å². The molecule has 2 heteroatoms. The summed E-state index contributed by atoms with van der Waals surface area (Å²) in [6.07, 6.45) is 7.65. The van der Waals surface area contributed by atoms with Gasteiger partial charge in [0.15, 0.2) is 0 Å². The standard InChI is InChI=1S/C19H28O2/c1-4-15(3)16-10-9-11-17(14-16)18(20)21-19(5-2)12-7-6-8-13-19/h9-11,14-15H,4-8,12-13H2,1-3H3. The van der Waals surface area contributed by atoms with E-state index in [2.05, 4.69) is 26.8 Å². The molecule has 1 aliphatic rings. The van der Waals surface area contributed by atoms with Gasteiger partial charge in [0.1, 0.15) is 5.60 Å². The van der Waals surface area contributed by atoms with Crippen molar-refractivity contribution in [3.8, 4) is 0 Å². The van der Waals surface area contributed by atoms with Crippen LogP contribution in [0.2, 0.25) is 0 Å². The Morgan fingerprint density at radius 3 is 2.57 bits per heavy atom. The van der Waals surface area contributed by atoms with Gasteiger partial charge in [-0.25, -0.2) is 4.79 Å². The predicted octanol–water partition coefficient (Wildman–Crippen LogP) is 5.47. The third-order valence-corrected chi connectivity index (χ3v) is 5.02. The van der Waals surface area contributed by atoms with Crippen LogP contribution in [0, 0.1) is 0 Å². The molecule has 0 radical (unpaired) electrons. The first kappa shape index (κ1) is 16.1. The first-order chi connectivity index (χ1) is 10.1. The van der Waals surface area contributed by atoms with Crippen LogP contribution in [-0.4, -0.2) is 11.6 Å². The Kier molecular flexibility index (Phi) is 5.44. The maximum atomic E-state index is 12.5. The van der Waals surface area contributed by atoms with Crippen molar-refractivity contribution in [1.29, 1.82) is 0 Å². The van der Waals surface area contributed by atoms with E-state index in [9.17, 15) is 4.79 Å². The monoisotopic (exact) mass is 288 g/mol. The molecule has 1 saturated carbocycles. The normalized spacial score (nSPS) is 19.0. The van der Waals surface area contributed by atoms with Crippen molar-refractivity contribution in [2.45, 2.75) is 77.2 Å². The highest BCUT2D eigenvalue weighted by Gasteiger charge is 2.34. The second-order valence-corrected chi connectivity index (χ2v) is 6.42. The van der Waals surface area contributed by atoms with Crippen molar-refractivity contribution in [2.24, 2.45) is 0 Å². The largest absolute Gasteiger partial charge is 0.455 e. The fraction of sp³-hybridized carbons (Fsp3) is 0.632. The zero-order chi connectivity index (χ0) is 15.3. The van der Waals surface area contributed by atoms with Gasteiger partial charge in [-0.15, -0.1) is 0 Å². The lowest BCUT2D eigenvalue weighted by Gasteiger charge is -2.36. The van der Waals surface area contributed by atoms with E-state index in [4.69, 9.17) is 4.74 Å². The Bertz CT molecular complexity index is 472. The summed E-state index contributed by atoms with van der Waals surface area (Å²) in [6.45, 7) is 6.50. The van der Waals surface area contributed by atoms with Gasteiger partial charge in [0.25, 0.3) is 0 Å². The van der Waals surface area contributed by atoms with Gasteiger partial charge in [-0.3, -0.25) is 0 Å². The van der Waals surface area contributed by atoms with Crippen LogP contribution >= 0.6 is 0 Å². The molecule has 0 bridgehead atoms. The lowest BCUT2D eigenvalue weighted by molar-refractivity contribution is -0.0397. The molecule has 0 aliphatic heterocycles. The molecule has 1 fully saturated rings. The summed E-state index contributed by atoms with van der Waals surface area (Å²) in [5.74, 6) is 0.330. The van der Waals surface area contributed by atoms with Crippen LogP contribution in [0.25, 0.3) is 0 Å². The molecule has 1 atom stereocenters. The quantitative estimate of drug-likeness (QED) is 0.671. The molecule has 2 rings (SSSR count). The van der Waals surface area contributed by atoms with Gasteiger partial charge in [-0.2, -0.15) is 0 Å². The first-order valence-electron chi connectivity index (χ1n) is 8.43. The van der Waals surface area contributed by atoms with E-state index < -0.39 is 0 Å². The fourth-order valence-corrected chi connectivity index (χ4v) is 3.19. The topological polar surface area (TPSA) is 26.3 Å². The summed E-state index contributed by atoms with van der Waals surface area (Å²) < 4.78 is 5.94. The van der Waals surface area contributed by atoms with E-state index >= 15 is 0 Å². The number of ether oxygens (including phenoxy) is 1. The summed E-state index contributed by atoms with van der Waals surface area (Å²) in [7, 11) is 0. The Morgan fingerprint density at radius 1 is 1.24 bits per heavy atom. The molecule has 1 aliphatic carbocycles. The number of hydrogen-bond donors (Lipinski definition) is 0. The average Bonchev–Trinajstić information content (AvgIpc) is 2.55. The highest BCUT2D eigenvalue weighted by molar-refractivity contribution is 5.90. The summed E-state index contributed by atoms with van der Waals surface area (Å²) in [5, 5.41) is 0. The zero-order valence-corrected chi connectivity index (χ0v) is 13.7. The van der Waals surface area contributed by atoms with Gasteiger partial charge >= 0.3 is 5.97 Å². The van der Waals surface area contributed by atoms with Gasteiger partial charge in [0.05, 0.1) is 5.56 Å². The van der Waals surface area contributed by atoms with Gasteiger partial charge in [-0.05, 0) is 62.1 Å². The fourth-order valence-electron chi connectivity index (χ4n) is 3.19. The lowest BCUT2D eigenvalue weighted by Crippen LogP contribution is -2.36. The van der Waals surface area contributed by atoms with Crippen LogP contribution in [0.15, 0.2) is 24.3 Å². The number of rotatable bonds is 5. The van der Waals surface area contributed by atoms with Crippen molar-refractivity contribution in [3.05, 3.63) is 35.4 Å². The van der Waals surface area contributed by atoms with Crippen molar-refractivity contribution >= 4 is 5.97 Å². The summed E-state index contributed by atoms with van der Waals surface area (Å²) in [6, 6.07) is 7.95. The Hall–Kier alpha value is -1.31. The van der Waals surface area contributed by atoms with E-state index in [-0.39, 0.29) is 11.6 Å². The molecule has 1 aromatic carbocycles. The number of carbonyl (C=O) groups is 1. The molecular formula is C19H28O2. The molecule has 0 N–H and O–H groups in total. The van der Waals surface area contributed by atoms with E-state index in [1.807, 2.05) is 18.2 Å². The first-order valence-corrected chi connectivity index (χ1v) is 8.43. The summed E-state index contributed by atoms with van der Waals surface area (Å²) in [4.78, 5) is 12.5. The highest BCUT2D eigenvalue weighted by atomic mass is 16.6. The third kappa shape index (κ3) is 3.87. The van der Waals surface area contributed by atoms with E-state index in [1.165, 1.54) is 24.8 Å². The number of carbonyl (C=O) groups excluding carboxylic acids is 1. The Balaban J connectivity index is 2.12. The Labute approximate surface area is 128 Å². The molecule has 0 spiro atoms. The van der Waals surface area contributed by atoms with Crippen molar-refractivity contribution in [1.82, 2.24) is 0 Å². The van der Waals surface area contributed by atoms with Gasteiger partial charge in [0, 0.05) is 0 Å². The van der Waals surface area contributed by atoms with Crippen LogP contribution in [0.4, 0.5) is 0 Å². The molecule has 0 amide bonds. The lowest BCUT2D eigenvalue weighted by atomic mass is 9.82. The minimum absolute atomic E-state index is 0.149. The van der Waals surface area contributed by atoms with Crippen LogP contribution in [0.3, 0.4) is 0 Å². The van der Waals surface area contributed by atoms with E-state index in [0.717, 1.165) is 25.7 Å². The Morgan fingerprint density at radius 2 is 1.95 bits per heavy atom. The smallest absolute Gasteiger partial charge is 0.338 e. The SMILES string of the molecule is CCC(C)c1cccc(C(=O)OC2(CC)CCCCC2)c1. The third-order valence-electron chi connectivity index (χ3n) is 5.02. The summed E-state index contributed by atoms with van der Waals surface area (Å²) >= 11 is 0. The molecule has 0 heterocycles. The number of esters is 1. The van der Waals surface area contributed by atoms with Crippen molar-refractivity contribution in [2.75, 3.05) is 0 Å². The molecular weight excluding hydrogens is 260 g/mol. The van der Waals surface area contributed by atoms with Crippen molar-refractivity contribution in [3.63, 3.8) is 0 Å². The molecule has 1 aromatic rings. The van der Waals surface area contributed by atoms with Gasteiger partial charge in [-0.1, -0.05) is 39.3 Å². The molecule has 0 aromatic heterocycles. The predicted molar refractivity (Wildman–Crippen MR) is 86.7 cm³/mol. The average molecular weight is 288 g/mol. The highest BCUT2D eigenvalue weighted by Crippen LogP contribution is 2.35. The van der Waals surface area contributed by atoms with Gasteiger partial charge in [0.2, 0.25) is 0 Å². The molecule has 116 valence electrons. The molecule has 1 unspecified atom stereocenters. The maximum Gasteiger partial charge on any atom is 0.338 e. The van der Waals surface area contributed by atoms with Crippen molar-refractivity contribution < 1.29 is 9.53 Å². The second-order valence-electron chi connectivity index (χ2n) is 6.42. The minimum atomic E-state index is -0.221.